The van der Waals surface area contributed by atoms with Crippen LogP contribution >= 0.6 is 0 Å². The van der Waals surface area contributed by atoms with Crippen LogP contribution in [0.15, 0.2) is 0 Å². The van der Waals surface area contributed by atoms with E-state index in [9.17, 15) is 4.79 Å². The second kappa shape index (κ2) is 4.12. The van der Waals surface area contributed by atoms with Gasteiger partial charge in [0.05, 0.1) is 5.54 Å². The molecule has 0 radical (unpaired) electrons. The van der Waals surface area contributed by atoms with Gasteiger partial charge in [-0.25, -0.2) is 0 Å². The summed E-state index contributed by atoms with van der Waals surface area (Å²) in [7, 11) is 0. The minimum atomic E-state index is -0.501. The Bertz CT molecular complexity index is 248. The maximum absolute atomic E-state index is 12.3. The zero-order valence-electron chi connectivity index (χ0n) is 9.67. The van der Waals surface area contributed by atoms with Crippen LogP contribution in [0.1, 0.15) is 51.9 Å². The van der Waals surface area contributed by atoms with Gasteiger partial charge >= 0.3 is 0 Å². The van der Waals surface area contributed by atoms with Gasteiger partial charge in [0.15, 0.2) is 0 Å². The van der Waals surface area contributed by atoms with E-state index in [0.717, 1.165) is 38.6 Å². The van der Waals surface area contributed by atoms with E-state index in [-0.39, 0.29) is 5.91 Å². The summed E-state index contributed by atoms with van der Waals surface area (Å²) < 4.78 is 0. The van der Waals surface area contributed by atoms with E-state index in [2.05, 4.69) is 6.92 Å². The normalized spacial score (nSPS) is 30.5. The van der Waals surface area contributed by atoms with Crippen molar-refractivity contribution in [3.8, 4) is 0 Å². The molecule has 1 amide bonds. The molecule has 0 aromatic rings. The highest BCUT2D eigenvalue weighted by atomic mass is 16.2. The summed E-state index contributed by atoms with van der Waals surface area (Å²) in [6.07, 6.45) is 7.68. The van der Waals surface area contributed by atoms with Crippen LogP contribution in [0.4, 0.5) is 0 Å². The number of amides is 1. The Morgan fingerprint density at radius 1 is 1.27 bits per heavy atom. The van der Waals surface area contributed by atoms with Crippen LogP contribution in [0.2, 0.25) is 0 Å². The number of rotatable bonds is 1. The number of likely N-dealkylation sites (tertiary alicyclic amines) is 1. The molecule has 0 aromatic carbocycles. The van der Waals surface area contributed by atoms with E-state index in [1.165, 1.54) is 12.8 Å². The van der Waals surface area contributed by atoms with Gasteiger partial charge in [0, 0.05) is 12.6 Å². The number of nitrogens with zero attached hydrogens (tertiary/aromatic N) is 1. The maximum Gasteiger partial charge on any atom is 0.242 e. The van der Waals surface area contributed by atoms with Gasteiger partial charge in [-0.1, -0.05) is 12.8 Å². The highest BCUT2D eigenvalue weighted by Gasteiger charge is 2.43. The molecule has 86 valence electrons. The molecule has 1 saturated carbocycles. The van der Waals surface area contributed by atoms with E-state index < -0.39 is 5.54 Å². The number of hydrogen-bond acceptors (Lipinski definition) is 2. The summed E-state index contributed by atoms with van der Waals surface area (Å²) in [4.78, 5) is 14.3. The van der Waals surface area contributed by atoms with Crippen molar-refractivity contribution in [1.29, 1.82) is 0 Å². The van der Waals surface area contributed by atoms with Crippen molar-refractivity contribution >= 4 is 5.91 Å². The van der Waals surface area contributed by atoms with Crippen LogP contribution in [0.5, 0.6) is 0 Å². The Kier molecular flexibility index (Phi) is 3.01. The molecule has 1 aliphatic heterocycles. The first kappa shape index (κ1) is 10.9. The van der Waals surface area contributed by atoms with Crippen LogP contribution in [0.25, 0.3) is 0 Å². The Morgan fingerprint density at radius 3 is 2.60 bits per heavy atom. The molecule has 0 aromatic heterocycles. The van der Waals surface area contributed by atoms with Gasteiger partial charge in [0.1, 0.15) is 0 Å². The number of carbonyl (C=O) groups is 1. The second-order valence-corrected chi connectivity index (χ2v) is 5.21. The monoisotopic (exact) mass is 210 g/mol. The molecule has 2 N–H and O–H groups in total. The fourth-order valence-corrected chi connectivity index (χ4v) is 2.63. The summed E-state index contributed by atoms with van der Waals surface area (Å²) >= 11 is 0. The first-order valence-electron chi connectivity index (χ1n) is 6.23. The first-order valence-corrected chi connectivity index (χ1v) is 6.23. The Balaban J connectivity index is 2.03. The van der Waals surface area contributed by atoms with Gasteiger partial charge in [0.2, 0.25) is 5.91 Å². The largest absolute Gasteiger partial charge is 0.338 e. The van der Waals surface area contributed by atoms with Crippen LogP contribution in [0, 0.1) is 0 Å². The first-order chi connectivity index (χ1) is 7.13. The lowest BCUT2D eigenvalue weighted by molar-refractivity contribution is -0.142. The van der Waals surface area contributed by atoms with Crippen LogP contribution in [0.3, 0.4) is 0 Å². The van der Waals surface area contributed by atoms with Crippen molar-refractivity contribution < 1.29 is 4.79 Å². The van der Waals surface area contributed by atoms with Crippen molar-refractivity contribution in [1.82, 2.24) is 4.90 Å². The predicted molar refractivity (Wildman–Crippen MR) is 60.4 cm³/mol. The lowest BCUT2D eigenvalue weighted by Gasteiger charge is -2.42. The molecule has 2 fully saturated rings. The molecular formula is C12H22N2O. The summed E-state index contributed by atoms with van der Waals surface area (Å²) in [6, 6.07) is 0.390. The molecule has 1 aliphatic carbocycles. The SMILES string of the molecule is CC1CCCCCN1C(=O)C1(N)CCC1. The van der Waals surface area contributed by atoms with Crippen LogP contribution in [-0.4, -0.2) is 28.9 Å². The molecule has 1 unspecified atom stereocenters. The topological polar surface area (TPSA) is 46.3 Å². The van der Waals surface area contributed by atoms with E-state index in [0.29, 0.717) is 6.04 Å². The number of nitrogens with two attached hydrogens (primary N) is 1. The van der Waals surface area contributed by atoms with Gasteiger partial charge in [0.25, 0.3) is 0 Å². The zero-order valence-corrected chi connectivity index (χ0v) is 9.67. The van der Waals surface area contributed by atoms with Gasteiger partial charge in [-0.15, -0.1) is 0 Å². The van der Waals surface area contributed by atoms with E-state index in [1.807, 2.05) is 4.90 Å². The molecular weight excluding hydrogens is 188 g/mol. The average molecular weight is 210 g/mol. The van der Waals surface area contributed by atoms with E-state index >= 15 is 0 Å². The Hall–Kier alpha value is -0.570. The van der Waals surface area contributed by atoms with E-state index in [4.69, 9.17) is 5.73 Å². The lowest BCUT2D eigenvalue weighted by atomic mass is 9.76. The highest BCUT2D eigenvalue weighted by molar-refractivity contribution is 5.87. The maximum atomic E-state index is 12.3. The third-order valence-corrected chi connectivity index (χ3v) is 3.99. The van der Waals surface area contributed by atoms with Crippen LogP contribution in [-0.2, 0) is 4.79 Å². The van der Waals surface area contributed by atoms with Gasteiger partial charge in [-0.05, 0) is 39.0 Å². The standard InChI is InChI=1S/C12H22N2O/c1-10-6-3-2-4-9-14(10)11(15)12(13)7-5-8-12/h10H,2-9,13H2,1H3. The fourth-order valence-electron chi connectivity index (χ4n) is 2.63. The van der Waals surface area contributed by atoms with Crippen molar-refractivity contribution in [2.75, 3.05) is 6.54 Å². The van der Waals surface area contributed by atoms with Crippen LogP contribution < -0.4 is 5.73 Å². The molecule has 0 bridgehead atoms. The Morgan fingerprint density at radius 2 is 2.00 bits per heavy atom. The lowest BCUT2D eigenvalue weighted by Crippen LogP contribution is -2.61. The average Bonchev–Trinajstić information content (AvgIpc) is 2.38. The predicted octanol–water partition coefficient (Wildman–Crippen LogP) is 1.66. The molecule has 15 heavy (non-hydrogen) atoms. The molecule has 3 nitrogen and oxygen atoms in total. The minimum Gasteiger partial charge on any atom is -0.338 e. The van der Waals surface area contributed by atoms with Gasteiger partial charge in [-0.2, -0.15) is 0 Å². The minimum absolute atomic E-state index is 0.211. The Labute approximate surface area is 92.0 Å². The molecule has 2 rings (SSSR count). The summed E-state index contributed by atoms with van der Waals surface area (Å²) in [6.45, 7) is 3.07. The molecule has 0 spiro atoms. The summed E-state index contributed by atoms with van der Waals surface area (Å²) in [5.74, 6) is 0.211. The van der Waals surface area contributed by atoms with Crippen molar-refractivity contribution in [2.45, 2.75) is 63.5 Å². The smallest absolute Gasteiger partial charge is 0.242 e. The van der Waals surface area contributed by atoms with Crippen molar-refractivity contribution in [3.05, 3.63) is 0 Å². The molecule has 1 heterocycles. The molecule has 1 saturated heterocycles. The summed E-state index contributed by atoms with van der Waals surface area (Å²) in [5.41, 5.74) is 5.60. The zero-order chi connectivity index (χ0) is 10.9. The molecule has 2 aliphatic rings. The van der Waals surface area contributed by atoms with Gasteiger partial charge in [-0.3, -0.25) is 4.79 Å². The molecule has 3 heteroatoms. The third kappa shape index (κ3) is 2.03. The quantitative estimate of drug-likeness (QED) is 0.715. The number of hydrogen-bond donors (Lipinski definition) is 1. The molecule has 1 atom stereocenters. The fraction of sp³-hybridized carbons (Fsp3) is 0.917. The van der Waals surface area contributed by atoms with Crippen molar-refractivity contribution in [2.24, 2.45) is 5.73 Å². The number of carbonyl (C=O) groups excluding carboxylic acids is 1. The van der Waals surface area contributed by atoms with E-state index in [1.54, 1.807) is 0 Å². The third-order valence-electron chi connectivity index (χ3n) is 3.99. The van der Waals surface area contributed by atoms with Gasteiger partial charge < -0.3 is 10.6 Å². The summed E-state index contributed by atoms with van der Waals surface area (Å²) in [5, 5.41) is 0. The van der Waals surface area contributed by atoms with Crippen molar-refractivity contribution in [3.63, 3.8) is 0 Å². The highest BCUT2D eigenvalue weighted by Crippen LogP contribution is 2.32. The second-order valence-electron chi connectivity index (χ2n) is 5.21.